The van der Waals surface area contributed by atoms with E-state index in [1.54, 1.807) is 6.07 Å². The van der Waals surface area contributed by atoms with Gasteiger partial charge in [0, 0.05) is 12.7 Å². The summed E-state index contributed by atoms with van der Waals surface area (Å²) < 4.78 is 15.4. The van der Waals surface area contributed by atoms with Gasteiger partial charge in [0.2, 0.25) is 0 Å². The Balaban J connectivity index is 1.65. The van der Waals surface area contributed by atoms with Crippen molar-refractivity contribution in [3.05, 3.63) is 36.3 Å². The number of rotatable bonds is 4. The summed E-state index contributed by atoms with van der Waals surface area (Å²) in [5.41, 5.74) is 1.01. The van der Waals surface area contributed by atoms with Crippen LogP contribution in [0.2, 0.25) is 0 Å². The van der Waals surface area contributed by atoms with E-state index >= 15 is 0 Å². The Hall–Kier alpha value is -1.35. The molecule has 18 heavy (non-hydrogen) atoms. The zero-order valence-electron chi connectivity index (χ0n) is 10.6. The number of nitrogens with zero attached hydrogens (tertiary/aromatic N) is 2. The molecule has 0 atom stereocenters. The van der Waals surface area contributed by atoms with Crippen molar-refractivity contribution in [2.75, 3.05) is 19.6 Å². The highest BCUT2D eigenvalue weighted by Crippen LogP contribution is 2.17. The van der Waals surface area contributed by atoms with Crippen LogP contribution >= 0.6 is 0 Å². The lowest BCUT2D eigenvalue weighted by Crippen LogP contribution is -2.21. The summed E-state index contributed by atoms with van der Waals surface area (Å²) in [7, 11) is 0. The van der Waals surface area contributed by atoms with Crippen molar-refractivity contribution in [3.63, 3.8) is 0 Å². The Morgan fingerprint density at radius 3 is 2.72 bits per heavy atom. The predicted octanol–water partition coefficient (Wildman–Crippen LogP) is 3.27. The van der Waals surface area contributed by atoms with Gasteiger partial charge in [0.25, 0.3) is 0 Å². The minimum absolute atomic E-state index is 0.151. The number of aryl methyl sites for hydroxylation is 1. The standard InChI is InChI=1S/C15H19FN2/c16-14-5-4-13-6-11-18(15(13)12-14)10-3-9-17-7-1-2-8-17/h4-6,11-12H,1-3,7-10H2. The minimum Gasteiger partial charge on any atom is -0.347 e. The van der Waals surface area contributed by atoms with Crippen LogP contribution in [0.15, 0.2) is 30.5 Å². The van der Waals surface area contributed by atoms with Gasteiger partial charge in [-0.25, -0.2) is 4.39 Å². The summed E-state index contributed by atoms with van der Waals surface area (Å²) in [5, 5.41) is 1.12. The molecule has 1 aromatic heterocycles. The second kappa shape index (κ2) is 5.11. The summed E-state index contributed by atoms with van der Waals surface area (Å²) >= 11 is 0. The molecule has 0 radical (unpaired) electrons. The van der Waals surface area contributed by atoms with Crippen molar-refractivity contribution in [1.82, 2.24) is 9.47 Å². The van der Waals surface area contributed by atoms with Gasteiger partial charge in [0.15, 0.2) is 0 Å². The lowest BCUT2D eigenvalue weighted by molar-refractivity contribution is 0.326. The first-order valence-electron chi connectivity index (χ1n) is 6.80. The van der Waals surface area contributed by atoms with Crippen LogP contribution in [0.3, 0.4) is 0 Å². The lowest BCUT2D eigenvalue weighted by Gasteiger charge is -2.14. The number of halogens is 1. The SMILES string of the molecule is Fc1ccc2ccn(CCCN3CCCC3)c2c1. The van der Waals surface area contributed by atoms with E-state index in [1.807, 2.05) is 6.07 Å². The maximum Gasteiger partial charge on any atom is 0.125 e. The summed E-state index contributed by atoms with van der Waals surface area (Å²) in [6.07, 6.45) is 5.89. The molecule has 1 aromatic carbocycles. The fourth-order valence-corrected chi connectivity index (χ4v) is 2.82. The van der Waals surface area contributed by atoms with E-state index in [-0.39, 0.29) is 5.82 Å². The number of aromatic nitrogens is 1. The predicted molar refractivity (Wildman–Crippen MR) is 72.2 cm³/mol. The van der Waals surface area contributed by atoms with E-state index < -0.39 is 0 Å². The molecule has 2 aromatic rings. The Morgan fingerprint density at radius 1 is 1.06 bits per heavy atom. The molecule has 0 unspecified atom stereocenters. The molecule has 0 amide bonds. The Labute approximate surface area is 107 Å². The number of benzene rings is 1. The van der Waals surface area contributed by atoms with Crippen LogP contribution in [-0.4, -0.2) is 29.1 Å². The molecule has 0 saturated carbocycles. The van der Waals surface area contributed by atoms with Crippen LogP contribution in [-0.2, 0) is 6.54 Å². The van der Waals surface area contributed by atoms with Crippen molar-refractivity contribution < 1.29 is 4.39 Å². The van der Waals surface area contributed by atoms with Crippen LogP contribution in [0.4, 0.5) is 4.39 Å². The van der Waals surface area contributed by atoms with Crippen molar-refractivity contribution in [1.29, 1.82) is 0 Å². The molecule has 0 N–H and O–H groups in total. The van der Waals surface area contributed by atoms with E-state index in [0.29, 0.717) is 0 Å². The molecule has 1 saturated heterocycles. The van der Waals surface area contributed by atoms with Gasteiger partial charge >= 0.3 is 0 Å². The number of likely N-dealkylation sites (tertiary alicyclic amines) is 1. The van der Waals surface area contributed by atoms with Gasteiger partial charge in [0.05, 0.1) is 5.52 Å². The fraction of sp³-hybridized carbons (Fsp3) is 0.467. The van der Waals surface area contributed by atoms with E-state index in [9.17, 15) is 4.39 Å². The Bertz CT molecular complexity index is 526. The quantitative estimate of drug-likeness (QED) is 0.804. The first kappa shape index (κ1) is 11.7. The largest absolute Gasteiger partial charge is 0.347 e. The average molecular weight is 246 g/mol. The molecular weight excluding hydrogens is 227 g/mol. The van der Waals surface area contributed by atoms with Crippen LogP contribution < -0.4 is 0 Å². The molecule has 3 rings (SSSR count). The van der Waals surface area contributed by atoms with Crippen LogP contribution in [0.1, 0.15) is 19.3 Å². The maximum atomic E-state index is 13.2. The van der Waals surface area contributed by atoms with Crippen LogP contribution in [0.5, 0.6) is 0 Å². The van der Waals surface area contributed by atoms with Crippen molar-refractivity contribution in [2.45, 2.75) is 25.8 Å². The molecular formula is C15H19FN2. The van der Waals surface area contributed by atoms with Crippen LogP contribution in [0, 0.1) is 5.82 Å². The first-order chi connectivity index (χ1) is 8.83. The van der Waals surface area contributed by atoms with Gasteiger partial charge in [-0.3, -0.25) is 0 Å². The number of hydrogen-bond donors (Lipinski definition) is 0. The Kier molecular flexibility index (Phi) is 3.33. The van der Waals surface area contributed by atoms with Gasteiger partial charge in [-0.1, -0.05) is 0 Å². The van der Waals surface area contributed by atoms with Crippen LogP contribution in [0.25, 0.3) is 10.9 Å². The van der Waals surface area contributed by atoms with E-state index in [2.05, 4.69) is 21.7 Å². The van der Waals surface area contributed by atoms with Crippen molar-refractivity contribution >= 4 is 10.9 Å². The Morgan fingerprint density at radius 2 is 1.89 bits per heavy atom. The van der Waals surface area contributed by atoms with E-state index in [4.69, 9.17) is 0 Å². The first-order valence-corrected chi connectivity index (χ1v) is 6.80. The monoisotopic (exact) mass is 246 g/mol. The highest BCUT2D eigenvalue weighted by atomic mass is 19.1. The molecule has 0 spiro atoms. The minimum atomic E-state index is -0.151. The molecule has 2 nitrogen and oxygen atoms in total. The van der Waals surface area contributed by atoms with Crippen molar-refractivity contribution in [3.8, 4) is 0 Å². The summed E-state index contributed by atoms with van der Waals surface area (Å²) in [4.78, 5) is 2.52. The van der Waals surface area contributed by atoms with E-state index in [1.165, 1.54) is 32.0 Å². The molecule has 1 fully saturated rings. The maximum absolute atomic E-state index is 13.2. The van der Waals surface area contributed by atoms with Gasteiger partial charge in [0.1, 0.15) is 5.82 Å². The smallest absolute Gasteiger partial charge is 0.125 e. The summed E-state index contributed by atoms with van der Waals surface area (Å²) in [6, 6.07) is 7.06. The molecule has 96 valence electrons. The molecule has 1 aliphatic heterocycles. The summed E-state index contributed by atoms with van der Waals surface area (Å²) in [6.45, 7) is 4.64. The van der Waals surface area contributed by atoms with Crippen molar-refractivity contribution in [2.24, 2.45) is 0 Å². The van der Waals surface area contributed by atoms with Gasteiger partial charge in [-0.05, 0) is 68.5 Å². The highest BCUT2D eigenvalue weighted by Gasteiger charge is 2.10. The van der Waals surface area contributed by atoms with Gasteiger partial charge in [-0.15, -0.1) is 0 Å². The third kappa shape index (κ3) is 2.41. The molecule has 0 aliphatic carbocycles. The molecule has 2 heterocycles. The molecule has 3 heteroatoms. The normalized spacial score (nSPS) is 16.7. The zero-order chi connectivity index (χ0) is 12.4. The molecule has 0 bridgehead atoms. The second-order valence-corrected chi connectivity index (χ2v) is 5.11. The van der Waals surface area contributed by atoms with Gasteiger partial charge in [-0.2, -0.15) is 0 Å². The number of hydrogen-bond acceptors (Lipinski definition) is 1. The average Bonchev–Trinajstić information content (AvgIpc) is 2.99. The van der Waals surface area contributed by atoms with E-state index in [0.717, 1.165) is 30.4 Å². The lowest BCUT2D eigenvalue weighted by atomic mass is 10.2. The third-order valence-electron chi connectivity index (χ3n) is 3.81. The third-order valence-corrected chi connectivity index (χ3v) is 3.81. The number of fused-ring (bicyclic) bond motifs is 1. The summed E-state index contributed by atoms with van der Waals surface area (Å²) in [5.74, 6) is -0.151. The zero-order valence-corrected chi connectivity index (χ0v) is 10.6. The second-order valence-electron chi connectivity index (χ2n) is 5.11. The van der Waals surface area contributed by atoms with Gasteiger partial charge < -0.3 is 9.47 Å². The fourth-order valence-electron chi connectivity index (χ4n) is 2.82. The topological polar surface area (TPSA) is 8.17 Å². The molecule has 1 aliphatic rings. The highest BCUT2D eigenvalue weighted by molar-refractivity contribution is 5.80.